The Labute approximate surface area is 152 Å². The fourth-order valence-corrected chi connectivity index (χ4v) is 8.25. The molecule has 4 aliphatic rings. The molecule has 3 saturated carbocycles. The van der Waals surface area contributed by atoms with Crippen LogP contribution in [0.2, 0.25) is 0 Å². The van der Waals surface area contributed by atoms with Crippen molar-refractivity contribution in [3.05, 3.63) is 11.6 Å². The minimum atomic E-state index is 0.115. The molecule has 0 amide bonds. The molecule has 0 aromatic carbocycles. The molecule has 8 atom stereocenters. The third-order valence-corrected chi connectivity index (χ3v) is 10.1. The van der Waals surface area contributed by atoms with Crippen molar-refractivity contribution in [3.63, 3.8) is 0 Å². The summed E-state index contributed by atoms with van der Waals surface area (Å²) in [5.41, 5.74) is 2.40. The maximum atomic E-state index is 6.96. The van der Waals surface area contributed by atoms with Crippen LogP contribution in [0.25, 0.3) is 0 Å². The number of rotatable bonds is 1. The maximum absolute atomic E-state index is 6.96. The van der Waals surface area contributed by atoms with Gasteiger partial charge in [-0.1, -0.05) is 38.8 Å². The SMILES string of the molecule is CC[C@H]1CC[C@H]2[C@@H]3CCC4=CCC(Cl)C(Cl)[C@]4(C)[C@H]3CC[C@]12C. The van der Waals surface area contributed by atoms with Gasteiger partial charge >= 0.3 is 0 Å². The molecule has 2 unspecified atom stereocenters. The summed E-state index contributed by atoms with van der Waals surface area (Å²) in [7, 11) is 0. The van der Waals surface area contributed by atoms with Crippen LogP contribution in [0, 0.1) is 34.5 Å². The van der Waals surface area contributed by atoms with Crippen LogP contribution in [-0.4, -0.2) is 10.8 Å². The Balaban J connectivity index is 1.69. The van der Waals surface area contributed by atoms with Crippen LogP contribution >= 0.6 is 23.2 Å². The first-order valence-corrected chi connectivity index (χ1v) is 10.8. The molecule has 0 heterocycles. The number of allylic oxidation sites excluding steroid dienone is 2. The molecule has 0 spiro atoms. The van der Waals surface area contributed by atoms with Crippen molar-refractivity contribution in [1.82, 2.24) is 0 Å². The van der Waals surface area contributed by atoms with Crippen LogP contribution in [0.5, 0.6) is 0 Å². The Morgan fingerprint density at radius 1 is 1.09 bits per heavy atom. The third kappa shape index (κ3) is 2.16. The fourth-order valence-electron chi connectivity index (χ4n) is 7.50. The van der Waals surface area contributed by atoms with Crippen molar-refractivity contribution in [3.8, 4) is 0 Å². The normalized spacial score (nSPS) is 55.6. The van der Waals surface area contributed by atoms with E-state index in [4.69, 9.17) is 23.2 Å². The first-order chi connectivity index (χ1) is 10.9. The first kappa shape index (κ1) is 16.8. The van der Waals surface area contributed by atoms with Crippen LogP contribution in [0.4, 0.5) is 0 Å². The van der Waals surface area contributed by atoms with Crippen molar-refractivity contribution >= 4 is 23.2 Å². The van der Waals surface area contributed by atoms with Crippen molar-refractivity contribution in [2.45, 2.75) is 82.9 Å². The summed E-state index contributed by atoms with van der Waals surface area (Å²) < 4.78 is 0. The average Bonchev–Trinajstić information content (AvgIpc) is 2.88. The highest BCUT2D eigenvalue weighted by atomic mass is 35.5. The van der Waals surface area contributed by atoms with E-state index in [0.717, 1.165) is 30.1 Å². The van der Waals surface area contributed by atoms with Crippen LogP contribution in [-0.2, 0) is 0 Å². The summed E-state index contributed by atoms with van der Waals surface area (Å²) in [5.74, 6) is 3.54. The molecule has 0 N–H and O–H groups in total. The van der Waals surface area contributed by atoms with E-state index in [9.17, 15) is 0 Å². The number of halogens is 2. The molecule has 0 nitrogen and oxygen atoms in total. The second-order valence-electron chi connectivity index (χ2n) is 9.31. The van der Waals surface area contributed by atoms with E-state index < -0.39 is 0 Å². The van der Waals surface area contributed by atoms with E-state index in [2.05, 4.69) is 26.8 Å². The number of hydrogen-bond donors (Lipinski definition) is 0. The van der Waals surface area contributed by atoms with E-state index in [-0.39, 0.29) is 16.2 Å². The van der Waals surface area contributed by atoms with E-state index in [1.165, 1.54) is 44.9 Å². The van der Waals surface area contributed by atoms with Gasteiger partial charge in [0.05, 0.1) is 10.8 Å². The standard InChI is InChI=1S/C21H32Cl2/c1-4-13-6-9-16-15-8-5-14-7-10-18(22)19(23)21(14,3)17(15)11-12-20(13,16)2/h7,13,15-19H,4-6,8-12H2,1-3H3/t13-,15-,16-,17-,18?,19?,20+,21-/m0/s1. The molecule has 4 aliphatic carbocycles. The summed E-state index contributed by atoms with van der Waals surface area (Å²) in [6, 6.07) is 0. The predicted octanol–water partition coefficient (Wildman–Crippen LogP) is 6.80. The second kappa shape index (κ2) is 5.66. The number of hydrogen-bond acceptors (Lipinski definition) is 0. The predicted molar refractivity (Wildman–Crippen MR) is 100 cm³/mol. The van der Waals surface area contributed by atoms with Crippen LogP contribution < -0.4 is 0 Å². The van der Waals surface area contributed by atoms with Crippen LogP contribution in [0.3, 0.4) is 0 Å². The van der Waals surface area contributed by atoms with Crippen LogP contribution in [0.15, 0.2) is 11.6 Å². The Hall–Kier alpha value is 0.320. The zero-order valence-corrected chi connectivity index (χ0v) is 16.5. The molecule has 23 heavy (non-hydrogen) atoms. The highest BCUT2D eigenvalue weighted by molar-refractivity contribution is 6.30. The summed E-state index contributed by atoms with van der Waals surface area (Å²) in [6.07, 6.45) is 13.2. The second-order valence-corrected chi connectivity index (χ2v) is 10.3. The molecule has 0 bridgehead atoms. The quantitative estimate of drug-likeness (QED) is 0.358. The van der Waals surface area contributed by atoms with Gasteiger partial charge in [-0.2, -0.15) is 0 Å². The van der Waals surface area contributed by atoms with Gasteiger partial charge in [0, 0.05) is 5.41 Å². The van der Waals surface area contributed by atoms with Gasteiger partial charge in [0.1, 0.15) is 0 Å². The smallest absolute Gasteiger partial charge is 0.0596 e. The summed E-state index contributed by atoms with van der Waals surface area (Å²) in [5, 5.41) is 0.231. The maximum Gasteiger partial charge on any atom is 0.0596 e. The van der Waals surface area contributed by atoms with E-state index in [1.54, 1.807) is 5.57 Å². The van der Waals surface area contributed by atoms with E-state index in [0.29, 0.717) is 5.41 Å². The van der Waals surface area contributed by atoms with Crippen molar-refractivity contribution < 1.29 is 0 Å². The fraction of sp³-hybridized carbons (Fsp3) is 0.905. The van der Waals surface area contributed by atoms with Crippen molar-refractivity contribution in [2.75, 3.05) is 0 Å². The largest absolute Gasteiger partial charge is 0.121 e. The van der Waals surface area contributed by atoms with Gasteiger partial charge in [0.2, 0.25) is 0 Å². The molecular formula is C21H32Cl2. The Morgan fingerprint density at radius 2 is 1.87 bits per heavy atom. The minimum absolute atomic E-state index is 0.115. The Kier molecular flexibility index (Phi) is 4.13. The molecule has 0 saturated heterocycles. The zero-order valence-electron chi connectivity index (χ0n) is 15.0. The van der Waals surface area contributed by atoms with E-state index >= 15 is 0 Å². The molecule has 0 aromatic rings. The molecule has 0 aromatic heterocycles. The van der Waals surface area contributed by atoms with Gasteiger partial charge < -0.3 is 0 Å². The van der Waals surface area contributed by atoms with Gasteiger partial charge in [-0.05, 0) is 74.0 Å². The number of alkyl halides is 2. The van der Waals surface area contributed by atoms with Gasteiger partial charge in [0.15, 0.2) is 0 Å². The molecule has 0 radical (unpaired) electrons. The van der Waals surface area contributed by atoms with Gasteiger partial charge in [-0.25, -0.2) is 0 Å². The summed E-state index contributed by atoms with van der Waals surface area (Å²) >= 11 is 13.6. The molecule has 2 heteroatoms. The minimum Gasteiger partial charge on any atom is -0.121 e. The molecule has 0 aliphatic heterocycles. The number of fused-ring (bicyclic) bond motifs is 5. The monoisotopic (exact) mass is 354 g/mol. The van der Waals surface area contributed by atoms with Gasteiger partial charge in [-0.15, -0.1) is 23.2 Å². The molecular weight excluding hydrogens is 323 g/mol. The average molecular weight is 355 g/mol. The topological polar surface area (TPSA) is 0 Å². The van der Waals surface area contributed by atoms with Gasteiger partial charge in [-0.3, -0.25) is 0 Å². The Morgan fingerprint density at radius 3 is 2.61 bits per heavy atom. The lowest BCUT2D eigenvalue weighted by Crippen LogP contribution is -2.55. The molecule has 3 fully saturated rings. The highest BCUT2D eigenvalue weighted by Crippen LogP contribution is 2.67. The molecule has 130 valence electrons. The van der Waals surface area contributed by atoms with E-state index in [1.807, 2.05) is 0 Å². The first-order valence-electron chi connectivity index (χ1n) is 9.90. The van der Waals surface area contributed by atoms with Crippen molar-refractivity contribution in [1.29, 1.82) is 0 Å². The lowest BCUT2D eigenvalue weighted by Gasteiger charge is -2.60. The zero-order chi connectivity index (χ0) is 16.4. The Bertz CT molecular complexity index is 512. The summed E-state index contributed by atoms with van der Waals surface area (Å²) in [4.78, 5) is 0. The third-order valence-electron chi connectivity index (χ3n) is 8.82. The van der Waals surface area contributed by atoms with Crippen molar-refractivity contribution in [2.24, 2.45) is 34.5 Å². The van der Waals surface area contributed by atoms with Gasteiger partial charge in [0.25, 0.3) is 0 Å². The highest BCUT2D eigenvalue weighted by Gasteiger charge is 2.60. The lowest BCUT2D eigenvalue weighted by atomic mass is 9.46. The molecule has 4 rings (SSSR count). The summed E-state index contributed by atoms with van der Waals surface area (Å²) in [6.45, 7) is 7.48. The lowest BCUT2D eigenvalue weighted by molar-refractivity contribution is -0.0498. The van der Waals surface area contributed by atoms with Crippen LogP contribution in [0.1, 0.15) is 72.1 Å².